The van der Waals surface area contributed by atoms with Crippen molar-refractivity contribution in [1.29, 1.82) is 0 Å². The van der Waals surface area contributed by atoms with Crippen molar-refractivity contribution in [1.82, 2.24) is 9.88 Å². The molecule has 1 unspecified atom stereocenters. The molecule has 0 aliphatic carbocycles. The first-order chi connectivity index (χ1) is 7.15. The molecule has 0 radical (unpaired) electrons. The molecule has 1 aliphatic rings. The van der Waals surface area contributed by atoms with Crippen LogP contribution in [0.5, 0.6) is 0 Å². The van der Waals surface area contributed by atoms with Gasteiger partial charge in [-0.25, -0.2) is 4.98 Å². The summed E-state index contributed by atoms with van der Waals surface area (Å²) in [6.07, 6.45) is 2.95. The molecule has 1 aliphatic heterocycles. The predicted octanol–water partition coefficient (Wildman–Crippen LogP) is 2.16. The first kappa shape index (κ1) is 10.7. The van der Waals surface area contributed by atoms with Crippen LogP contribution in [0.1, 0.15) is 12.0 Å². The lowest BCUT2D eigenvalue weighted by Gasteiger charge is -2.15. The Labute approximate surface area is 95.4 Å². The van der Waals surface area contributed by atoms with Crippen LogP contribution in [0.3, 0.4) is 0 Å². The highest BCUT2D eigenvalue weighted by Crippen LogP contribution is 2.22. The van der Waals surface area contributed by atoms with Crippen LogP contribution in [-0.2, 0) is 0 Å². The van der Waals surface area contributed by atoms with E-state index < -0.39 is 0 Å². The van der Waals surface area contributed by atoms with Gasteiger partial charge in [0.2, 0.25) is 0 Å². The largest absolute Gasteiger partial charge is 0.378 e. The van der Waals surface area contributed by atoms with Gasteiger partial charge >= 0.3 is 0 Å². The van der Waals surface area contributed by atoms with Gasteiger partial charge < -0.3 is 10.2 Å². The number of halogens is 1. The summed E-state index contributed by atoms with van der Waals surface area (Å²) in [5, 5.41) is 4.01. The summed E-state index contributed by atoms with van der Waals surface area (Å²) in [6, 6.07) is 2.55. The van der Waals surface area contributed by atoms with Crippen LogP contribution in [0.4, 0.5) is 5.69 Å². The van der Waals surface area contributed by atoms with E-state index in [-0.39, 0.29) is 0 Å². The molecule has 1 fully saturated rings. The second-order valence-corrected chi connectivity index (χ2v) is 4.60. The molecule has 0 spiro atoms. The second-order valence-electron chi connectivity index (χ2n) is 4.24. The van der Waals surface area contributed by atoms with Gasteiger partial charge in [-0.3, -0.25) is 0 Å². The molecule has 1 N–H and O–H groups in total. The number of pyridine rings is 1. The summed E-state index contributed by atoms with van der Waals surface area (Å²) < 4.78 is 0. The van der Waals surface area contributed by atoms with Crippen LogP contribution in [-0.4, -0.2) is 36.1 Å². The maximum atomic E-state index is 6.02. The Morgan fingerprint density at radius 1 is 1.60 bits per heavy atom. The minimum absolute atomic E-state index is 0.496. The number of hydrogen-bond acceptors (Lipinski definition) is 3. The van der Waals surface area contributed by atoms with E-state index in [4.69, 9.17) is 11.6 Å². The zero-order chi connectivity index (χ0) is 10.8. The van der Waals surface area contributed by atoms with Crippen LogP contribution < -0.4 is 5.32 Å². The van der Waals surface area contributed by atoms with E-state index in [1.54, 1.807) is 6.20 Å². The van der Waals surface area contributed by atoms with Crippen molar-refractivity contribution in [3.05, 3.63) is 23.0 Å². The van der Waals surface area contributed by atoms with Gasteiger partial charge in [0.05, 0.1) is 5.69 Å². The van der Waals surface area contributed by atoms with Crippen LogP contribution >= 0.6 is 11.6 Å². The number of nitrogens with zero attached hydrogens (tertiary/aromatic N) is 2. The lowest BCUT2D eigenvalue weighted by Crippen LogP contribution is -2.23. The smallest absolute Gasteiger partial charge is 0.152 e. The van der Waals surface area contributed by atoms with Gasteiger partial charge in [-0.15, -0.1) is 0 Å². The summed E-state index contributed by atoms with van der Waals surface area (Å²) in [6.45, 7) is 4.24. The monoisotopic (exact) mass is 225 g/mol. The molecule has 15 heavy (non-hydrogen) atoms. The highest BCUT2D eigenvalue weighted by Gasteiger charge is 2.19. The Kier molecular flexibility index (Phi) is 3.12. The number of aryl methyl sites for hydroxylation is 1. The molecule has 1 saturated heterocycles. The maximum absolute atomic E-state index is 6.02. The number of aromatic nitrogens is 1. The predicted molar refractivity (Wildman–Crippen MR) is 63.5 cm³/mol. The number of anilines is 1. The molecule has 0 aromatic carbocycles. The van der Waals surface area contributed by atoms with E-state index in [2.05, 4.69) is 22.2 Å². The average Bonchev–Trinajstić information content (AvgIpc) is 2.58. The highest BCUT2D eigenvalue weighted by molar-refractivity contribution is 6.31. The quantitative estimate of drug-likeness (QED) is 0.782. The SMILES string of the molecule is Cc1cnc(Cl)c(NC2CCN(C)C2)c1. The van der Waals surface area contributed by atoms with E-state index >= 15 is 0 Å². The molecule has 1 aromatic rings. The Hall–Kier alpha value is -0.800. The first-order valence-corrected chi connectivity index (χ1v) is 5.60. The molecular formula is C11H16ClN3. The number of likely N-dealkylation sites (N-methyl/N-ethyl adjacent to an activating group) is 1. The van der Waals surface area contributed by atoms with Crippen molar-refractivity contribution in [2.45, 2.75) is 19.4 Å². The molecule has 0 amide bonds. The molecule has 1 atom stereocenters. The van der Waals surface area contributed by atoms with Crippen molar-refractivity contribution < 1.29 is 0 Å². The standard InChI is InChI=1S/C11H16ClN3/c1-8-5-10(11(12)13-6-8)14-9-3-4-15(2)7-9/h5-6,9,14H,3-4,7H2,1-2H3. The molecule has 82 valence electrons. The van der Waals surface area contributed by atoms with E-state index in [1.165, 1.54) is 6.42 Å². The van der Waals surface area contributed by atoms with Gasteiger partial charge in [0, 0.05) is 18.8 Å². The third kappa shape index (κ3) is 2.61. The molecule has 2 heterocycles. The third-order valence-corrected chi connectivity index (χ3v) is 3.03. The van der Waals surface area contributed by atoms with Crippen LogP contribution in [0.2, 0.25) is 5.15 Å². The van der Waals surface area contributed by atoms with Gasteiger partial charge in [-0.05, 0) is 38.6 Å². The van der Waals surface area contributed by atoms with Crippen molar-refractivity contribution in [2.24, 2.45) is 0 Å². The Morgan fingerprint density at radius 2 is 2.40 bits per heavy atom. The van der Waals surface area contributed by atoms with Crippen molar-refractivity contribution >= 4 is 17.3 Å². The van der Waals surface area contributed by atoms with E-state index in [0.29, 0.717) is 11.2 Å². The van der Waals surface area contributed by atoms with Gasteiger partial charge in [-0.1, -0.05) is 11.6 Å². The van der Waals surface area contributed by atoms with Crippen molar-refractivity contribution in [3.63, 3.8) is 0 Å². The maximum Gasteiger partial charge on any atom is 0.152 e. The Morgan fingerprint density at radius 3 is 3.07 bits per heavy atom. The molecule has 0 saturated carbocycles. The fraction of sp³-hybridized carbons (Fsp3) is 0.545. The number of rotatable bonds is 2. The summed E-state index contributed by atoms with van der Waals surface area (Å²) in [5.41, 5.74) is 2.09. The lowest BCUT2D eigenvalue weighted by atomic mass is 10.2. The molecular weight excluding hydrogens is 210 g/mol. The molecule has 2 rings (SSSR count). The Bertz CT molecular complexity index is 354. The highest BCUT2D eigenvalue weighted by atomic mass is 35.5. The van der Waals surface area contributed by atoms with Crippen LogP contribution in [0, 0.1) is 6.92 Å². The first-order valence-electron chi connectivity index (χ1n) is 5.22. The van der Waals surface area contributed by atoms with Crippen LogP contribution in [0.15, 0.2) is 12.3 Å². The zero-order valence-corrected chi connectivity index (χ0v) is 9.88. The summed E-state index contributed by atoms with van der Waals surface area (Å²) in [4.78, 5) is 6.44. The van der Waals surface area contributed by atoms with E-state index in [9.17, 15) is 0 Å². The third-order valence-electron chi connectivity index (χ3n) is 2.73. The van der Waals surface area contributed by atoms with E-state index in [1.807, 2.05) is 13.0 Å². The fourth-order valence-corrected chi connectivity index (χ4v) is 2.08. The molecule has 1 aromatic heterocycles. The summed E-state index contributed by atoms with van der Waals surface area (Å²) >= 11 is 6.02. The van der Waals surface area contributed by atoms with Gasteiger partial charge in [0.1, 0.15) is 0 Å². The number of hydrogen-bond donors (Lipinski definition) is 1. The van der Waals surface area contributed by atoms with Crippen LogP contribution in [0.25, 0.3) is 0 Å². The Balaban J connectivity index is 2.07. The second kappa shape index (κ2) is 4.37. The van der Waals surface area contributed by atoms with Crippen molar-refractivity contribution in [2.75, 3.05) is 25.5 Å². The molecule has 0 bridgehead atoms. The van der Waals surface area contributed by atoms with Crippen molar-refractivity contribution in [3.8, 4) is 0 Å². The topological polar surface area (TPSA) is 28.2 Å². The van der Waals surface area contributed by atoms with Gasteiger partial charge in [0.15, 0.2) is 5.15 Å². The summed E-state index contributed by atoms with van der Waals surface area (Å²) in [7, 11) is 2.14. The van der Waals surface area contributed by atoms with Gasteiger partial charge in [0.25, 0.3) is 0 Å². The summed E-state index contributed by atoms with van der Waals surface area (Å²) in [5.74, 6) is 0. The van der Waals surface area contributed by atoms with E-state index in [0.717, 1.165) is 24.3 Å². The normalized spacial score (nSPS) is 21.9. The number of nitrogens with one attached hydrogen (secondary N) is 1. The fourth-order valence-electron chi connectivity index (χ4n) is 1.93. The zero-order valence-electron chi connectivity index (χ0n) is 9.13. The number of likely N-dealkylation sites (tertiary alicyclic amines) is 1. The average molecular weight is 226 g/mol. The minimum atomic E-state index is 0.496. The minimum Gasteiger partial charge on any atom is -0.378 e. The molecule has 4 heteroatoms. The van der Waals surface area contributed by atoms with Gasteiger partial charge in [-0.2, -0.15) is 0 Å². The lowest BCUT2D eigenvalue weighted by molar-refractivity contribution is 0.414. The molecule has 3 nitrogen and oxygen atoms in total.